The van der Waals surface area contributed by atoms with Crippen LogP contribution >= 0.6 is 0 Å². The summed E-state index contributed by atoms with van der Waals surface area (Å²) in [5, 5.41) is 3.00. The molecule has 0 radical (unpaired) electrons. The zero-order valence-corrected chi connectivity index (χ0v) is 28.1. The Labute approximate surface area is 285 Å². The molecule has 0 aromatic heterocycles. The highest BCUT2D eigenvalue weighted by atomic mass is 19.4. The largest absolute Gasteiger partial charge is 0.436 e. The predicted octanol–water partition coefficient (Wildman–Crippen LogP) is 5.11. The second-order valence-electron chi connectivity index (χ2n) is 14.3. The van der Waals surface area contributed by atoms with Crippen LogP contribution in [0.15, 0.2) is 48.5 Å². The van der Waals surface area contributed by atoms with E-state index in [1.165, 1.54) is 17.0 Å². The Kier molecular flexibility index (Phi) is 10.4. The Morgan fingerprint density at radius 2 is 1.57 bits per heavy atom. The predicted molar refractivity (Wildman–Crippen MR) is 179 cm³/mol. The average molecular weight is 685 g/mol. The molecule has 13 heteroatoms. The molecule has 1 atom stereocenters. The first-order valence-corrected chi connectivity index (χ1v) is 17.5. The molecule has 266 valence electrons. The van der Waals surface area contributed by atoms with Gasteiger partial charge in [-0.05, 0) is 75.1 Å². The number of nitrogens with two attached hydrogens (primary N) is 1. The SMILES string of the molecule is CC1(N)CCN(C2CCN(C(=O)C(Cc3cccc(C(F)(F)F)c3)OC(=O)N3CCC(N4CCc5ccccc5NC4=O)CC3)CC2)CC1. The van der Waals surface area contributed by atoms with Crippen LogP contribution in [-0.2, 0) is 28.5 Å². The second-order valence-corrected chi connectivity index (χ2v) is 14.3. The van der Waals surface area contributed by atoms with Crippen molar-refractivity contribution in [3.63, 3.8) is 0 Å². The number of benzene rings is 2. The minimum atomic E-state index is -4.54. The summed E-state index contributed by atoms with van der Waals surface area (Å²) >= 11 is 0. The van der Waals surface area contributed by atoms with Crippen molar-refractivity contribution in [1.82, 2.24) is 19.6 Å². The van der Waals surface area contributed by atoms with Crippen LogP contribution < -0.4 is 11.1 Å². The van der Waals surface area contributed by atoms with Crippen molar-refractivity contribution in [2.24, 2.45) is 5.73 Å². The third-order valence-corrected chi connectivity index (χ3v) is 10.7. The minimum Gasteiger partial charge on any atom is -0.436 e. The van der Waals surface area contributed by atoms with Gasteiger partial charge in [-0.2, -0.15) is 13.2 Å². The first-order chi connectivity index (χ1) is 23.4. The number of rotatable bonds is 6. The Hall–Kier alpha value is -3.84. The van der Waals surface area contributed by atoms with Crippen LogP contribution in [0.2, 0.25) is 0 Å². The summed E-state index contributed by atoms with van der Waals surface area (Å²) in [5.41, 5.74) is 7.49. The number of ether oxygens (including phenoxy) is 1. The number of amides is 4. The van der Waals surface area contributed by atoms with E-state index in [1.807, 2.05) is 29.2 Å². The van der Waals surface area contributed by atoms with E-state index < -0.39 is 29.8 Å². The molecule has 6 rings (SSSR count). The number of nitrogens with zero attached hydrogens (tertiary/aromatic N) is 4. The Balaban J connectivity index is 1.08. The molecule has 3 N–H and O–H groups in total. The molecule has 1 unspecified atom stereocenters. The molecule has 4 heterocycles. The number of alkyl halides is 3. The van der Waals surface area contributed by atoms with Crippen LogP contribution in [0.5, 0.6) is 0 Å². The normalized spacial score (nSPS) is 21.8. The molecule has 4 amide bonds. The monoisotopic (exact) mass is 684 g/mol. The number of piperidine rings is 3. The molecular formula is C36H47F3N6O4. The summed E-state index contributed by atoms with van der Waals surface area (Å²) < 4.78 is 46.4. The van der Waals surface area contributed by atoms with Gasteiger partial charge in [0, 0.05) is 75.5 Å². The van der Waals surface area contributed by atoms with Gasteiger partial charge in [-0.3, -0.25) is 4.79 Å². The number of carbonyl (C=O) groups excluding carboxylic acids is 3. The number of nitrogens with one attached hydrogen (secondary N) is 1. The van der Waals surface area contributed by atoms with Crippen molar-refractivity contribution < 1.29 is 32.3 Å². The molecular weight excluding hydrogens is 637 g/mol. The maximum atomic E-state index is 13.9. The lowest BCUT2D eigenvalue weighted by Gasteiger charge is -2.44. The summed E-state index contributed by atoms with van der Waals surface area (Å²) in [6, 6.07) is 12.6. The highest BCUT2D eigenvalue weighted by Crippen LogP contribution is 2.31. The van der Waals surface area contributed by atoms with Gasteiger partial charge in [0.25, 0.3) is 5.91 Å². The Morgan fingerprint density at radius 3 is 2.27 bits per heavy atom. The molecule has 2 aromatic rings. The van der Waals surface area contributed by atoms with Gasteiger partial charge in [0.05, 0.1) is 5.56 Å². The summed E-state index contributed by atoms with van der Waals surface area (Å²) in [5.74, 6) is -0.395. The number of anilines is 1. The van der Waals surface area contributed by atoms with Crippen molar-refractivity contribution >= 4 is 23.7 Å². The lowest BCUT2D eigenvalue weighted by atomic mass is 9.89. The molecule has 0 aliphatic carbocycles. The summed E-state index contributed by atoms with van der Waals surface area (Å²) in [4.78, 5) is 48.0. The third kappa shape index (κ3) is 8.49. The molecule has 49 heavy (non-hydrogen) atoms. The number of fused-ring (bicyclic) bond motifs is 1. The number of halogens is 3. The highest BCUT2D eigenvalue weighted by molar-refractivity contribution is 5.91. The maximum Gasteiger partial charge on any atom is 0.416 e. The number of hydrogen-bond donors (Lipinski definition) is 2. The van der Waals surface area contributed by atoms with Crippen molar-refractivity contribution in [2.75, 3.05) is 51.1 Å². The van der Waals surface area contributed by atoms with Gasteiger partial charge in [0.2, 0.25) is 0 Å². The lowest BCUT2D eigenvalue weighted by Crippen LogP contribution is -2.55. The topological polar surface area (TPSA) is 111 Å². The van der Waals surface area contributed by atoms with E-state index in [1.54, 1.807) is 4.90 Å². The van der Waals surface area contributed by atoms with Crippen molar-refractivity contribution in [3.8, 4) is 0 Å². The fourth-order valence-corrected chi connectivity index (χ4v) is 7.62. The minimum absolute atomic E-state index is 0.0688. The van der Waals surface area contributed by atoms with Crippen LogP contribution in [0.3, 0.4) is 0 Å². The van der Waals surface area contributed by atoms with E-state index >= 15 is 0 Å². The zero-order chi connectivity index (χ0) is 34.8. The number of likely N-dealkylation sites (tertiary alicyclic amines) is 3. The zero-order valence-electron chi connectivity index (χ0n) is 28.1. The van der Waals surface area contributed by atoms with Crippen LogP contribution in [0, 0.1) is 0 Å². The molecule has 2 aromatic carbocycles. The number of hydrogen-bond acceptors (Lipinski definition) is 6. The lowest BCUT2D eigenvalue weighted by molar-refractivity contribution is -0.142. The summed E-state index contributed by atoms with van der Waals surface area (Å²) in [6.45, 7) is 6.07. The molecule has 4 aliphatic rings. The molecule has 3 saturated heterocycles. The number of carbonyl (C=O) groups is 3. The summed E-state index contributed by atoms with van der Waals surface area (Å²) in [6.07, 6.45) is -1.49. The third-order valence-electron chi connectivity index (χ3n) is 10.7. The standard InChI is InChI=1S/C36H47F3N6O4/c1-35(40)14-21-42(22-15-35)28-10-16-43(17-11-28)32(46)31(24-25-5-4-7-27(23-25)36(37,38)39)49-34(48)44-18-12-29(13-19-44)45-20-9-26-6-2-3-8-30(26)41-33(45)47/h2-8,23,28-29,31H,9-22,24,40H2,1H3,(H,41,47). The van der Waals surface area contributed by atoms with E-state index in [4.69, 9.17) is 10.5 Å². The average Bonchev–Trinajstić information content (AvgIpc) is 3.25. The van der Waals surface area contributed by atoms with Gasteiger partial charge in [-0.1, -0.05) is 36.4 Å². The van der Waals surface area contributed by atoms with Gasteiger partial charge in [-0.15, -0.1) is 0 Å². The van der Waals surface area contributed by atoms with Gasteiger partial charge >= 0.3 is 18.3 Å². The fraction of sp³-hybridized carbons (Fsp3) is 0.583. The quantitative estimate of drug-likeness (QED) is 0.438. The first-order valence-electron chi connectivity index (χ1n) is 17.5. The van der Waals surface area contributed by atoms with Gasteiger partial charge in [0.1, 0.15) is 0 Å². The van der Waals surface area contributed by atoms with Crippen molar-refractivity contribution in [2.45, 2.75) is 88.2 Å². The van der Waals surface area contributed by atoms with Crippen LogP contribution in [0.1, 0.15) is 62.1 Å². The van der Waals surface area contributed by atoms with Gasteiger partial charge in [0.15, 0.2) is 6.10 Å². The molecule has 0 bridgehead atoms. The molecule has 0 saturated carbocycles. The van der Waals surface area contributed by atoms with E-state index in [0.29, 0.717) is 51.6 Å². The molecule has 3 fully saturated rings. The second kappa shape index (κ2) is 14.6. The highest BCUT2D eigenvalue weighted by Gasteiger charge is 2.38. The molecule has 10 nitrogen and oxygen atoms in total. The van der Waals surface area contributed by atoms with E-state index in [2.05, 4.69) is 17.1 Å². The van der Waals surface area contributed by atoms with Crippen molar-refractivity contribution in [1.29, 1.82) is 0 Å². The van der Waals surface area contributed by atoms with E-state index in [0.717, 1.165) is 68.6 Å². The first kappa shape index (κ1) is 35.0. The Morgan fingerprint density at radius 1 is 0.918 bits per heavy atom. The number of para-hydroxylation sites is 1. The smallest absolute Gasteiger partial charge is 0.416 e. The molecule has 0 spiro atoms. The van der Waals surface area contributed by atoms with Crippen LogP contribution in [0.4, 0.5) is 28.4 Å². The summed E-state index contributed by atoms with van der Waals surface area (Å²) in [7, 11) is 0. The fourth-order valence-electron chi connectivity index (χ4n) is 7.62. The Bertz CT molecular complexity index is 1490. The number of urea groups is 1. The van der Waals surface area contributed by atoms with Crippen LogP contribution in [-0.4, -0.2) is 107 Å². The van der Waals surface area contributed by atoms with Crippen LogP contribution in [0.25, 0.3) is 0 Å². The van der Waals surface area contributed by atoms with E-state index in [9.17, 15) is 27.6 Å². The maximum absolute atomic E-state index is 13.9. The van der Waals surface area contributed by atoms with E-state index in [-0.39, 0.29) is 29.6 Å². The van der Waals surface area contributed by atoms with Gasteiger partial charge < -0.3 is 35.4 Å². The van der Waals surface area contributed by atoms with Gasteiger partial charge in [-0.25, -0.2) is 9.59 Å². The van der Waals surface area contributed by atoms with Crippen molar-refractivity contribution in [3.05, 3.63) is 65.2 Å². The molecule has 4 aliphatic heterocycles.